The summed E-state index contributed by atoms with van der Waals surface area (Å²) in [6.07, 6.45) is 5.34. The number of aromatic hydroxyl groups is 1. The van der Waals surface area contributed by atoms with E-state index in [4.69, 9.17) is 10.5 Å². The van der Waals surface area contributed by atoms with E-state index in [2.05, 4.69) is 10.6 Å². The van der Waals surface area contributed by atoms with Crippen LogP contribution in [0, 0.1) is 5.92 Å². The van der Waals surface area contributed by atoms with E-state index in [-0.39, 0.29) is 17.6 Å². The molecule has 0 aliphatic rings. The van der Waals surface area contributed by atoms with Gasteiger partial charge in [0.25, 0.3) is 0 Å². The molecule has 0 bridgehead atoms. The largest absolute Gasteiger partial charge is 0.507 e. The molecule has 0 aliphatic carbocycles. The Morgan fingerprint density at radius 1 is 0.950 bits per heavy atom. The maximum Gasteiger partial charge on any atom is 0.412 e. The number of para-hydroxylation sites is 2. The molecule has 0 radical (unpaired) electrons. The molecule has 206 valence electrons. The number of phenols is 1. The zero-order valence-electron chi connectivity index (χ0n) is 22.5. The fourth-order valence-electron chi connectivity index (χ4n) is 4.46. The number of hydrogen-bond acceptors (Lipinski definition) is 6. The molecule has 0 saturated heterocycles. The zero-order chi connectivity index (χ0) is 28.5. The quantitative estimate of drug-likeness (QED) is 0.0904. The molecule has 5 N–H and O–H groups in total. The van der Waals surface area contributed by atoms with Crippen molar-refractivity contribution in [3.05, 3.63) is 103 Å². The molecular weight excluding hydrogens is 522 g/mol. The molecule has 40 heavy (non-hydrogen) atoms. The first kappa shape index (κ1) is 28.6. The van der Waals surface area contributed by atoms with Gasteiger partial charge in [-0.2, -0.15) is 0 Å². The number of rotatable bonds is 10. The third kappa shape index (κ3) is 7.36. The number of hydrogen-bond donors (Lipinski definition) is 4. The number of nitrogen functional groups attached to an aromatic ring is 1. The monoisotopic (exact) mass is 555 g/mol. The lowest BCUT2D eigenvalue weighted by molar-refractivity contribution is -0.111. The zero-order valence-corrected chi connectivity index (χ0v) is 23.3. The van der Waals surface area contributed by atoms with Gasteiger partial charge in [0, 0.05) is 21.5 Å². The van der Waals surface area contributed by atoms with Crippen LogP contribution in [0.15, 0.2) is 102 Å². The Kier molecular flexibility index (Phi) is 9.70. The van der Waals surface area contributed by atoms with Gasteiger partial charge in [0.2, 0.25) is 5.91 Å². The lowest BCUT2D eigenvalue weighted by atomic mass is 9.89. The lowest BCUT2D eigenvalue weighted by Crippen LogP contribution is -2.22. The average molecular weight is 556 g/mol. The Bertz CT molecular complexity index is 1500. The topological polar surface area (TPSA) is 114 Å². The Morgan fingerprint density at radius 2 is 1.65 bits per heavy atom. The highest BCUT2D eigenvalue weighted by Crippen LogP contribution is 2.37. The van der Waals surface area contributed by atoms with Crippen molar-refractivity contribution in [1.29, 1.82) is 0 Å². The molecule has 0 fully saturated rings. The summed E-state index contributed by atoms with van der Waals surface area (Å²) in [6, 6.07) is 25.5. The number of fused-ring (bicyclic) bond motifs is 1. The van der Waals surface area contributed by atoms with Crippen LogP contribution in [0.2, 0.25) is 0 Å². The number of nitrogens with one attached hydrogen (secondary N) is 2. The summed E-state index contributed by atoms with van der Waals surface area (Å²) in [5.74, 6) is -0.207. The van der Waals surface area contributed by atoms with Gasteiger partial charge >= 0.3 is 6.09 Å². The number of benzene rings is 4. The number of ether oxygens (including phenoxy) is 1. The molecule has 2 amide bonds. The Balaban J connectivity index is 1.48. The van der Waals surface area contributed by atoms with Crippen LogP contribution in [0.1, 0.15) is 31.4 Å². The van der Waals surface area contributed by atoms with Crippen LogP contribution in [0.3, 0.4) is 0 Å². The molecule has 7 nitrogen and oxygen atoms in total. The smallest absolute Gasteiger partial charge is 0.412 e. The van der Waals surface area contributed by atoms with Crippen molar-refractivity contribution < 1.29 is 19.4 Å². The minimum atomic E-state index is -0.595. The Hall–Kier alpha value is -4.43. The highest BCUT2D eigenvalue weighted by molar-refractivity contribution is 7.98. The Morgan fingerprint density at radius 3 is 2.38 bits per heavy atom. The minimum Gasteiger partial charge on any atom is -0.507 e. The molecule has 0 spiro atoms. The number of nitrogens with two attached hydrogens (primary N) is 1. The summed E-state index contributed by atoms with van der Waals surface area (Å²) in [7, 11) is 0. The molecule has 0 unspecified atom stereocenters. The van der Waals surface area contributed by atoms with E-state index >= 15 is 0 Å². The molecule has 0 aliphatic heterocycles. The van der Waals surface area contributed by atoms with Crippen LogP contribution in [-0.2, 0) is 9.53 Å². The Labute approximate surface area is 238 Å². The minimum absolute atomic E-state index is 0.102. The van der Waals surface area contributed by atoms with Gasteiger partial charge in [-0.1, -0.05) is 55.5 Å². The van der Waals surface area contributed by atoms with Crippen molar-refractivity contribution in [3.63, 3.8) is 0 Å². The van der Waals surface area contributed by atoms with E-state index < -0.39 is 12.2 Å². The highest BCUT2D eigenvalue weighted by Gasteiger charge is 2.26. The highest BCUT2D eigenvalue weighted by atomic mass is 32.2. The molecule has 4 rings (SSSR count). The van der Waals surface area contributed by atoms with Crippen LogP contribution >= 0.6 is 11.8 Å². The molecule has 4 aromatic carbocycles. The van der Waals surface area contributed by atoms with Crippen molar-refractivity contribution in [2.45, 2.75) is 30.8 Å². The summed E-state index contributed by atoms with van der Waals surface area (Å²) >= 11 is 1.62. The second kappa shape index (κ2) is 13.6. The van der Waals surface area contributed by atoms with Gasteiger partial charge in [-0.3, -0.25) is 10.1 Å². The van der Waals surface area contributed by atoms with Gasteiger partial charge in [0.1, 0.15) is 11.9 Å². The predicted octanol–water partition coefficient (Wildman–Crippen LogP) is 7.75. The number of amides is 2. The van der Waals surface area contributed by atoms with Crippen molar-refractivity contribution >= 4 is 51.6 Å². The van der Waals surface area contributed by atoms with E-state index in [0.717, 1.165) is 15.8 Å². The summed E-state index contributed by atoms with van der Waals surface area (Å²) in [5.41, 5.74) is 8.40. The first-order valence-electron chi connectivity index (χ1n) is 13.0. The van der Waals surface area contributed by atoms with Gasteiger partial charge in [-0.25, -0.2) is 4.79 Å². The SMILES string of the molecule is CSc1ccc(NC(=O)O[C@H](c2ccc(O)c3ccccc23)[C@H](C)CC/C=C/C(=O)Nc2ccccc2N)cc1. The van der Waals surface area contributed by atoms with Gasteiger partial charge in [0.15, 0.2) is 0 Å². The van der Waals surface area contributed by atoms with Crippen LogP contribution in [0.4, 0.5) is 21.9 Å². The molecule has 0 heterocycles. The van der Waals surface area contributed by atoms with Crippen molar-refractivity contribution in [2.24, 2.45) is 5.92 Å². The maximum atomic E-state index is 13.0. The van der Waals surface area contributed by atoms with Crippen molar-refractivity contribution in [3.8, 4) is 5.75 Å². The summed E-state index contributed by atoms with van der Waals surface area (Å²) in [5, 5.41) is 17.5. The van der Waals surface area contributed by atoms with E-state index in [9.17, 15) is 14.7 Å². The second-order valence-electron chi connectivity index (χ2n) is 9.43. The standard InChI is InChI=1S/C32H33N3O4S/c1-21(9-3-8-14-30(37)35-28-13-7-6-12-27(28)33)31(26-19-20-29(36)25-11-5-4-10-24(25)26)39-32(38)34-22-15-17-23(40-2)18-16-22/h4-8,10-21,31,36H,3,9,33H2,1-2H3,(H,34,38)(H,35,37)/b14-8+/t21-,31+/m1/s1. The van der Waals surface area contributed by atoms with E-state index in [0.29, 0.717) is 35.3 Å². The molecule has 0 aromatic heterocycles. The summed E-state index contributed by atoms with van der Waals surface area (Å²) < 4.78 is 6.02. The number of anilines is 3. The number of thioether (sulfide) groups is 1. The average Bonchev–Trinajstić information content (AvgIpc) is 2.96. The van der Waals surface area contributed by atoms with Crippen LogP contribution in [0.25, 0.3) is 10.8 Å². The first-order chi connectivity index (χ1) is 19.4. The third-order valence-corrected chi connectivity index (χ3v) is 7.35. The van der Waals surface area contributed by atoms with Crippen LogP contribution in [0.5, 0.6) is 5.75 Å². The first-order valence-corrected chi connectivity index (χ1v) is 14.2. The van der Waals surface area contributed by atoms with Crippen LogP contribution in [-0.4, -0.2) is 23.4 Å². The molecule has 8 heteroatoms. The van der Waals surface area contributed by atoms with Gasteiger partial charge in [-0.15, -0.1) is 11.8 Å². The molecular formula is C32H33N3O4S. The van der Waals surface area contributed by atoms with Crippen molar-refractivity contribution in [2.75, 3.05) is 22.6 Å². The van der Waals surface area contributed by atoms with Gasteiger partial charge in [0.05, 0.1) is 11.4 Å². The predicted molar refractivity (Wildman–Crippen MR) is 164 cm³/mol. The molecule has 0 saturated carbocycles. The van der Waals surface area contributed by atoms with Crippen LogP contribution < -0.4 is 16.4 Å². The summed E-state index contributed by atoms with van der Waals surface area (Å²) in [6.45, 7) is 2.01. The second-order valence-corrected chi connectivity index (χ2v) is 10.3. The fourth-order valence-corrected chi connectivity index (χ4v) is 4.87. The lowest BCUT2D eigenvalue weighted by Gasteiger charge is -2.26. The van der Waals surface area contributed by atoms with E-state index in [1.807, 2.05) is 61.7 Å². The normalized spacial score (nSPS) is 12.7. The number of phenolic OH excluding ortho intramolecular Hbond substituents is 1. The van der Waals surface area contributed by atoms with E-state index in [1.165, 1.54) is 6.08 Å². The molecule has 4 aromatic rings. The maximum absolute atomic E-state index is 13.0. The summed E-state index contributed by atoms with van der Waals surface area (Å²) in [4.78, 5) is 26.5. The van der Waals surface area contributed by atoms with E-state index in [1.54, 1.807) is 54.2 Å². The van der Waals surface area contributed by atoms with Gasteiger partial charge < -0.3 is 20.9 Å². The molecule has 2 atom stereocenters. The third-order valence-electron chi connectivity index (χ3n) is 6.61. The number of carbonyl (C=O) groups is 2. The van der Waals surface area contributed by atoms with Crippen molar-refractivity contribution in [1.82, 2.24) is 0 Å². The van der Waals surface area contributed by atoms with Gasteiger partial charge in [-0.05, 0) is 78.9 Å². The number of carbonyl (C=O) groups excluding carboxylic acids is 2. The number of allylic oxidation sites excluding steroid dienone is 1. The fraction of sp³-hybridized carbons (Fsp3) is 0.188.